The van der Waals surface area contributed by atoms with E-state index in [-0.39, 0.29) is 21.8 Å². The zero-order valence-electron chi connectivity index (χ0n) is 15.3. The van der Waals surface area contributed by atoms with E-state index in [1.54, 1.807) is 10.7 Å². The molecule has 0 atom stereocenters. The molecule has 0 aliphatic rings. The van der Waals surface area contributed by atoms with Gasteiger partial charge in [0, 0.05) is 5.56 Å². The molecule has 0 spiro atoms. The topological polar surface area (TPSA) is 34.4 Å². The van der Waals surface area contributed by atoms with Gasteiger partial charge in [0.05, 0.1) is 0 Å². The van der Waals surface area contributed by atoms with Crippen molar-refractivity contribution in [3.05, 3.63) is 33.4 Å². The minimum absolute atomic E-state index is 0.0475. The Kier molecular flexibility index (Phi) is 3.84. The van der Waals surface area contributed by atoms with Gasteiger partial charge in [-0.2, -0.15) is 4.37 Å². The maximum absolute atomic E-state index is 13.1. The molecule has 4 heteroatoms. The molecule has 0 saturated heterocycles. The molecule has 2 aromatic rings. The van der Waals surface area contributed by atoms with Crippen molar-refractivity contribution in [1.29, 1.82) is 0 Å². The lowest BCUT2D eigenvalue weighted by atomic mass is 9.69. The summed E-state index contributed by atoms with van der Waals surface area (Å²) >= 11 is 1.42. The fourth-order valence-electron chi connectivity index (χ4n) is 3.13. The molecule has 3 nitrogen and oxygen atoms in total. The number of hydrogen-bond donors (Lipinski definition) is 0. The summed E-state index contributed by atoms with van der Waals surface area (Å²) in [7, 11) is 0. The van der Waals surface area contributed by atoms with E-state index < -0.39 is 0 Å². The van der Waals surface area contributed by atoms with Gasteiger partial charge in [-0.3, -0.25) is 9.20 Å². The van der Waals surface area contributed by atoms with E-state index in [1.807, 2.05) is 0 Å². The third-order valence-electron chi connectivity index (χ3n) is 3.92. The van der Waals surface area contributed by atoms with Crippen LogP contribution in [0.3, 0.4) is 0 Å². The molecule has 22 heavy (non-hydrogen) atoms. The van der Waals surface area contributed by atoms with Crippen LogP contribution in [0.5, 0.6) is 0 Å². The van der Waals surface area contributed by atoms with Crippen LogP contribution in [-0.2, 0) is 16.2 Å². The van der Waals surface area contributed by atoms with Gasteiger partial charge in [-0.1, -0.05) is 62.3 Å². The molecule has 0 aromatic carbocycles. The van der Waals surface area contributed by atoms with E-state index >= 15 is 0 Å². The van der Waals surface area contributed by atoms with Crippen LogP contribution >= 0.6 is 11.5 Å². The maximum atomic E-state index is 13.1. The first-order valence-corrected chi connectivity index (χ1v) is 8.58. The normalized spacial score (nSPS) is 13.9. The van der Waals surface area contributed by atoms with Crippen molar-refractivity contribution in [2.45, 2.75) is 78.6 Å². The summed E-state index contributed by atoms with van der Waals surface area (Å²) < 4.78 is 6.02. The molecule has 0 N–H and O–H groups in total. The standard InChI is InChI=1S/C18H28N2OS/c1-16(2,3)11-12(17(4,5)6)14(21)20-10-19-22-15(20)13(11)18(7,8)9/h10H,1-9H3. The van der Waals surface area contributed by atoms with Gasteiger partial charge in [-0.25, -0.2) is 0 Å². The first-order chi connectivity index (χ1) is 9.76. The van der Waals surface area contributed by atoms with Crippen LogP contribution in [0.4, 0.5) is 0 Å². The van der Waals surface area contributed by atoms with Gasteiger partial charge >= 0.3 is 0 Å². The lowest BCUT2D eigenvalue weighted by Crippen LogP contribution is -2.36. The van der Waals surface area contributed by atoms with E-state index in [9.17, 15) is 4.79 Å². The Morgan fingerprint density at radius 2 is 1.27 bits per heavy atom. The quantitative estimate of drug-likeness (QED) is 0.708. The van der Waals surface area contributed by atoms with E-state index in [4.69, 9.17) is 0 Å². The SMILES string of the molecule is CC(C)(C)c1c(C(C)(C)C)c(=O)n2cnsc2c1C(C)(C)C. The fraction of sp³-hybridized carbons (Fsp3) is 0.667. The van der Waals surface area contributed by atoms with Gasteiger partial charge in [-0.15, -0.1) is 0 Å². The minimum Gasteiger partial charge on any atom is -0.269 e. The highest BCUT2D eigenvalue weighted by Gasteiger charge is 2.36. The Bertz CT molecular complexity index is 762. The van der Waals surface area contributed by atoms with Crippen molar-refractivity contribution >= 4 is 16.4 Å². The van der Waals surface area contributed by atoms with Crippen LogP contribution in [0.15, 0.2) is 11.1 Å². The average molecular weight is 321 g/mol. The van der Waals surface area contributed by atoms with Crippen LogP contribution in [0, 0.1) is 0 Å². The Balaban J connectivity index is 3.19. The summed E-state index contributed by atoms with van der Waals surface area (Å²) in [5.41, 5.74) is 3.10. The number of aromatic nitrogens is 2. The molecule has 0 unspecified atom stereocenters. The van der Waals surface area contributed by atoms with Crippen LogP contribution in [0.25, 0.3) is 4.83 Å². The van der Waals surface area contributed by atoms with E-state index in [0.29, 0.717) is 0 Å². The van der Waals surface area contributed by atoms with Gasteiger partial charge < -0.3 is 0 Å². The molecular weight excluding hydrogens is 292 g/mol. The van der Waals surface area contributed by atoms with Crippen molar-refractivity contribution < 1.29 is 0 Å². The van der Waals surface area contributed by atoms with Gasteiger partial charge in [-0.05, 0) is 38.9 Å². The fourth-order valence-corrected chi connectivity index (χ4v) is 4.09. The lowest BCUT2D eigenvalue weighted by molar-refractivity contribution is 0.493. The number of fused-ring (bicyclic) bond motifs is 1. The molecule has 2 aromatic heterocycles. The summed E-state index contributed by atoms with van der Waals surface area (Å²) in [6, 6.07) is 0. The predicted octanol–water partition coefficient (Wildman–Crippen LogP) is 4.65. The third-order valence-corrected chi connectivity index (χ3v) is 4.69. The summed E-state index contributed by atoms with van der Waals surface area (Å²) in [6.45, 7) is 19.6. The van der Waals surface area contributed by atoms with E-state index in [0.717, 1.165) is 10.4 Å². The first kappa shape index (κ1) is 17.2. The van der Waals surface area contributed by atoms with Crippen molar-refractivity contribution in [3.63, 3.8) is 0 Å². The molecule has 0 bridgehead atoms. The number of nitrogens with zero attached hydrogens (tertiary/aromatic N) is 2. The summed E-state index contributed by atoms with van der Waals surface area (Å²) in [5.74, 6) is 0. The number of pyridine rings is 1. The second kappa shape index (κ2) is 4.92. The van der Waals surface area contributed by atoms with Crippen LogP contribution in [0.1, 0.15) is 79.0 Å². The molecule has 2 heterocycles. The van der Waals surface area contributed by atoms with Gasteiger partial charge in [0.25, 0.3) is 5.56 Å². The Labute approximate surface area is 137 Å². The first-order valence-electron chi connectivity index (χ1n) is 7.80. The van der Waals surface area contributed by atoms with Crippen molar-refractivity contribution in [2.24, 2.45) is 0 Å². The highest BCUT2D eigenvalue weighted by Crippen LogP contribution is 2.41. The zero-order valence-corrected chi connectivity index (χ0v) is 16.1. The van der Waals surface area contributed by atoms with Crippen LogP contribution in [0.2, 0.25) is 0 Å². The second-order valence-corrected chi connectivity index (χ2v) is 9.95. The van der Waals surface area contributed by atoms with Crippen molar-refractivity contribution in [2.75, 3.05) is 0 Å². The van der Waals surface area contributed by atoms with Crippen molar-refractivity contribution in [3.8, 4) is 0 Å². The Morgan fingerprint density at radius 3 is 1.68 bits per heavy atom. The highest BCUT2D eigenvalue weighted by atomic mass is 32.1. The van der Waals surface area contributed by atoms with Gasteiger partial charge in [0.1, 0.15) is 11.2 Å². The van der Waals surface area contributed by atoms with Crippen molar-refractivity contribution in [1.82, 2.24) is 8.77 Å². The molecule has 0 aliphatic heterocycles. The number of hydrogen-bond acceptors (Lipinski definition) is 3. The third kappa shape index (κ3) is 2.73. The maximum Gasteiger partial charge on any atom is 0.261 e. The van der Waals surface area contributed by atoms with Gasteiger partial charge in [0.2, 0.25) is 0 Å². The van der Waals surface area contributed by atoms with Crippen LogP contribution in [-0.4, -0.2) is 8.77 Å². The Morgan fingerprint density at radius 1 is 0.818 bits per heavy atom. The minimum atomic E-state index is -0.206. The predicted molar refractivity (Wildman–Crippen MR) is 95.4 cm³/mol. The summed E-state index contributed by atoms with van der Waals surface area (Å²) in [4.78, 5) is 14.1. The smallest absolute Gasteiger partial charge is 0.261 e. The molecular formula is C18H28N2OS. The van der Waals surface area contributed by atoms with E-state index in [2.05, 4.69) is 66.7 Å². The highest BCUT2D eigenvalue weighted by molar-refractivity contribution is 7.11. The largest absolute Gasteiger partial charge is 0.269 e. The summed E-state index contributed by atoms with van der Waals surface area (Å²) in [5, 5.41) is 0. The number of rotatable bonds is 0. The molecule has 0 fully saturated rings. The second-order valence-electron chi connectivity index (χ2n) is 9.17. The zero-order chi connectivity index (χ0) is 17.1. The monoisotopic (exact) mass is 320 g/mol. The average Bonchev–Trinajstić information content (AvgIpc) is 2.72. The van der Waals surface area contributed by atoms with Crippen LogP contribution < -0.4 is 5.56 Å². The molecule has 0 amide bonds. The summed E-state index contributed by atoms with van der Waals surface area (Å²) in [6.07, 6.45) is 1.67. The van der Waals surface area contributed by atoms with E-state index in [1.165, 1.54) is 22.7 Å². The molecule has 2 rings (SSSR count). The molecule has 0 radical (unpaired) electrons. The molecule has 122 valence electrons. The lowest BCUT2D eigenvalue weighted by Gasteiger charge is -2.35. The molecule has 0 saturated carbocycles. The Hall–Kier alpha value is -1.16. The molecule has 0 aliphatic carbocycles. The van der Waals surface area contributed by atoms with Gasteiger partial charge in [0.15, 0.2) is 0 Å².